The van der Waals surface area contributed by atoms with Crippen LogP contribution < -0.4 is 5.32 Å². The van der Waals surface area contributed by atoms with Crippen LogP contribution >= 0.6 is 0 Å². The molecule has 1 heterocycles. The fourth-order valence-corrected chi connectivity index (χ4v) is 2.06. The number of hydrogen-bond donors (Lipinski definition) is 1. The Hall–Kier alpha value is -0.570. The molecule has 0 unspecified atom stereocenters. The van der Waals surface area contributed by atoms with Crippen LogP contribution in [0.4, 0.5) is 0 Å². The van der Waals surface area contributed by atoms with E-state index in [-0.39, 0.29) is 0 Å². The molecule has 1 saturated heterocycles. The molecule has 3 heteroatoms. The van der Waals surface area contributed by atoms with Gasteiger partial charge in [0.2, 0.25) is 5.91 Å². The fraction of sp³-hybridized carbons (Fsp3) is 0.909. The van der Waals surface area contributed by atoms with Crippen molar-refractivity contribution < 1.29 is 4.79 Å². The lowest BCUT2D eigenvalue weighted by molar-refractivity contribution is -0.132. The SMILES string of the molecule is CN(CC1CCC1)C(=O)CC1CNC1. The number of carbonyl (C=O) groups is 1. The molecule has 80 valence electrons. The van der Waals surface area contributed by atoms with Gasteiger partial charge < -0.3 is 10.2 Å². The van der Waals surface area contributed by atoms with Gasteiger partial charge in [0.15, 0.2) is 0 Å². The maximum absolute atomic E-state index is 11.7. The van der Waals surface area contributed by atoms with Gasteiger partial charge >= 0.3 is 0 Å². The fourth-order valence-electron chi connectivity index (χ4n) is 2.06. The summed E-state index contributed by atoms with van der Waals surface area (Å²) in [7, 11) is 1.95. The average molecular weight is 196 g/mol. The molecule has 0 spiro atoms. The van der Waals surface area contributed by atoms with Crippen molar-refractivity contribution in [2.45, 2.75) is 25.7 Å². The van der Waals surface area contributed by atoms with Gasteiger partial charge in [0, 0.05) is 20.0 Å². The second-order valence-electron chi connectivity index (χ2n) is 4.80. The number of carbonyl (C=O) groups excluding carboxylic acids is 1. The van der Waals surface area contributed by atoms with Gasteiger partial charge in [-0.3, -0.25) is 4.79 Å². The summed E-state index contributed by atoms with van der Waals surface area (Å²) < 4.78 is 0. The Morgan fingerprint density at radius 2 is 2.07 bits per heavy atom. The quantitative estimate of drug-likeness (QED) is 0.723. The Labute approximate surface area is 85.8 Å². The van der Waals surface area contributed by atoms with E-state index in [1.807, 2.05) is 11.9 Å². The van der Waals surface area contributed by atoms with Crippen LogP contribution in [-0.2, 0) is 4.79 Å². The molecule has 1 N–H and O–H groups in total. The lowest BCUT2D eigenvalue weighted by Crippen LogP contribution is -2.45. The van der Waals surface area contributed by atoms with Gasteiger partial charge in [0.25, 0.3) is 0 Å². The van der Waals surface area contributed by atoms with Crippen molar-refractivity contribution in [3.05, 3.63) is 0 Å². The van der Waals surface area contributed by atoms with E-state index in [1.165, 1.54) is 19.3 Å². The molecule has 2 fully saturated rings. The van der Waals surface area contributed by atoms with Crippen LogP contribution in [0.15, 0.2) is 0 Å². The Morgan fingerprint density at radius 3 is 2.50 bits per heavy atom. The second kappa shape index (κ2) is 4.30. The summed E-state index contributed by atoms with van der Waals surface area (Å²) in [5.74, 6) is 1.73. The van der Waals surface area contributed by atoms with E-state index in [0.29, 0.717) is 11.8 Å². The van der Waals surface area contributed by atoms with Gasteiger partial charge in [-0.15, -0.1) is 0 Å². The van der Waals surface area contributed by atoms with Gasteiger partial charge in [-0.05, 0) is 37.8 Å². The largest absolute Gasteiger partial charge is 0.345 e. The van der Waals surface area contributed by atoms with Crippen molar-refractivity contribution in [3.63, 3.8) is 0 Å². The third-order valence-electron chi connectivity index (χ3n) is 3.51. The average Bonchev–Trinajstić information content (AvgIpc) is 2.03. The maximum atomic E-state index is 11.7. The van der Waals surface area contributed by atoms with Crippen molar-refractivity contribution >= 4 is 5.91 Å². The van der Waals surface area contributed by atoms with Gasteiger partial charge in [-0.2, -0.15) is 0 Å². The first-order valence-electron chi connectivity index (χ1n) is 5.70. The van der Waals surface area contributed by atoms with Gasteiger partial charge in [-0.1, -0.05) is 6.42 Å². The Bertz CT molecular complexity index is 209. The van der Waals surface area contributed by atoms with Crippen LogP contribution in [0.3, 0.4) is 0 Å². The zero-order chi connectivity index (χ0) is 9.97. The van der Waals surface area contributed by atoms with Crippen LogP contribution in [0, 0.1) is 11.8 Å². The van der Waals surface area contributed by atoms with E-state index in [1.54, 1.807) is 0 Å². The van der Waals surface area contributed by atoms with Crippen LogP contribution in [0.25, 0.3) is 0 Å². The van der Waals surface area contributed by atoms with E-state index >= 15 is 0 Å². The molecule has 1 amide bonds. The highest BCUT2D eigenvalue weighted by molar-refractivity contribution is 5.76. The predicted octanol–water partition coefficient (Wildman–Crippen LogP) is 0.854. The van der Waals surface area contributed by atoms with E-state index < -0.39 is 0 Å². The number of rotatable bonds is 4. The molecule has 3 nitrogen and oxygen atoms in total. The number of amides is 1. The van der Waals surface area contributed by atoms with Crippen molar-refractivity contribution in [3.8, 4) is 0 Å². The second-order valence-corrected chi connectivity index (χ2v) is 4.80. The van der Waals surface area contributed by atoms with E-state index in [4.69, 9.17) is 0 Å². The molecule has 2 aliphatic rings. The monoisotopic (exact) mass is 196 g/mol. The summed E-state index contributed by atoms with van der Waals surface area (Å²) in [5, 5.41) is 3.20. The number of hydrogen-bond acceptors (Lipinski definition) is 2. The van der Waals surface area contributed by atoms with Crippen LogP contribution in [0.1, 0.15) is 25.7 Å². The normalized spacial score (nSPS) is 22.6. The number of nitrogens with zero attached hydrogens (tertiary/aromatic N) is 1. The third-order valence-corrected chi connectivity index (χ3v) is 3.51. The minimum absolute atomic E-state index is 0.336. The Balaban J connectivity index is 1.66. The molecule has 0 atom stereocenters. The molecule has 2 rings (SSSR count). The van der Waals surface area contributed by atoms with Crippen molar-refractivity contribution in [2.24, 2.45) is 11.8 Å². The summed E-state index contributed by atoms with van der Waals surface area (Å²) in [5.41, 5.74) is 0. The highest BCUT2D eigenvalue weighted by Gasteiger charge is 2.25. The lowest BCUT2D eigenvalue weighted by Gasteiger charge is -2.32. The molecule has 1 aliphatic carbocycles. The standard InChI is InChI=1S/C11H20N2O/c1-13(8-9-3-2-4-9)11(14)5-10-6-12-7-10/h9-10,12H,2-8H2,1H3. The van der Waals surface area contributed by atoms with Gasteiger partial charge in [0.1, 0.15) is 0 Å². The summed E-state index contributed by atoms with van der Waals surface area (Å²) in [4.78, 5) is 13.7. The van der Waals surface area contributed by atoms with Crippen LogP contribution in [0.5, 0.6) is 0 Å². The van der Waals surface area contributed by atoms with E-state index in [0.717, 1.165) is 32.0 Å². The molecule has 1 saturated carbocycles. The summed E-state index contributed by atoms with van der Waals surface area (Å²) in [6, 6.07) is 0. The van der Waals surface area contributed by atoms with E-state index in [9.17, 15) is 4.79 Å². The van der Waals surface area contributed by atoms with Crippen molar-refractivity contribution in [1.82, 2.24) is 10.2 Å². The van der Waals surface area contributed by atoms with Crippen LogP contribution in [-0.4, -0.2) is 37.5 Å². The van der Waals surface area contributed by atoms with Gasteiger partial charge in [0.05, 0.1) is 0 Å². The van der Waals surface area contributed by atoms with E-state index in [2.05, 4.69) is 5.32 Å². The highest BCUT2D eigenvalue weighted by atomic mass is 16.2. The summed E-state index contributed by atoms with van der Waals surface area (Å²) >= 11 is 0. The molecular formula is C11H20N2O. The van der Waals surface area contributed by atoms with Crippen molar-refractivity contribution in [1.29, 1.82) is 0 Å². The van der Waals surface area contributed by atoms with Crippen molar-refractivity contribution in [2.75, 3.05) is 26.7 Å². The first-order valence-corrected chi connectivity index (χ1v) is 5.70. The summed E-state index contributed by atoms with van der Waals surface area (Å²) in [6.07, 6.45) is 4.75. The number of nitrogens with one attached hydrogen (secondary N) is 1. The molecule has 0 aromatic carbocycles. The third kappa shape index (κ3) is 2.27. The zero-order valence-corrected chi connectivity index (χ0v) is 8.96. The molecule has 0 radical (unpaired) electrons. The van der Waals surface area contributed by atoms with Gasteiger partial charge in [-0.25, -0.2) is 0 Å². The first-order chi connectivity index (χ1) is 6.75. The molecule has 0 aromatic heterocycles. The van der Waals surface area contributed by atoms with Crippen LogP contribution in [0.2, 0.25) is 0 Å². The molecular weight excluding hydrogens is 176 g/mol. The first kappa shape index (κ1) is 9.97. The maximum Gasteiger partial charge on any atom is 0.222 e. The minimum atomic E-state index is 0.336. The molecule has 1 aliphatic heterocycles. The molecule has 0 bridgehead atoms. The topological polar surface area (TPSA) is 32.3 Å². The highest BCUT2D eigenvalue weighted by Crippen LogP contribution is 2.27. The smallest absolute Gasteiger partial charge is 0.222 e. The Kier molecular flexibility index (Phi) is 3.06. The lowest BCUT2D eigenvalue weighted by atomic mass is 9.85. The zero-order valence-electron chi connectivity index (χ0n) is 8.96. The molecule has 0 aromatic rings. The Morgan fingerprint density at radius 1 is 1.36 bits per heavy atom. The predicted molar refractivity (Wildman–Crippen MR) is 56.0 cm³/mol. The summed E-state index contributed by atoms with van der Waals surface area (Å²) in [6.45, 7) is 3.05. The molecule has 14 heavy (non-hydrogen) atoms. The minimum Gasteiger partial charge on any atom is -0.345 e.